The van der Waals surface area contributed by atoms with Crippen molar-refractivity contribution in [1.29, 1.82) is 0 Å². The largest absolute Gasteiger partial charge is 0.415 e. The van der Waals surface area contributed by atoms with E-state index in [-0.39, 0.29) is 18.5 Å². The van der Waals surface area contributed by atoms with Crippen LogP contribution in [0.5, 0.6) is 0 Å². The molecule has 0 aromatic carbocycles. The predicted molar refractivity (Wildman–Crippen MR) is 64.6 cm³/mol. The van der Waals surface area contributed by atoms with Gasteiger partial charge in [0.25, 0.3) is 0 Å². The number of aliphatic hydroxyl groups excluding tert-OH is 1. The molecule has 112 valence electrons. The molecule has 0 aromatic heterocycles. The Labute approximate surface area is 110 Å². The first kappa shape index (κ1) is 16.2. The summed E-state index contributed by atoms with van der Waals surface area (Å²) in [5.74, 6) is -0.318. The second kappa shape index (κ2) is 7.69. The summed E-state index contributed by atoms with van der Waals surface area (Å²) in [6.45, 7) is -0.870. The van der Waals surface area contributed by atoms with E-state index < -0.39 is 18.8 Å². The molecule has 19 heavy (non-hydrogen) atoms. The third kappa shape index (κ3) is 6.77. The third-order valence-electron chi connectivity index (χ3n) is 3.22. The van der Waals surface area contributed by atoms with Crippen LogP contribution in [0.2, 0.25) is 0 Å². The molecule has 0 heterocycles. The van der Waals surface area contributed by atoms with Crippen molar-refractivity contribution in [3.8, 4) is 0 Å². The van der Waals surface area contributed by atoms with E-state index in [1.165, 1.54) is 12.8 Å². The summed E-state index contributed by atoms with van der Waals surface area (Å²) in [6, 6.07) is 0.129. The van der Waals surface area contributed by atoms with Crippen molar-refractivity contribution in [2.24, 2.45) is 0 Å². The average molecular weight is 282 g/mol. The Kier molecular flexibility index (Phi) is 6.57. The van der Waals surface area contributed by atoms with Gasteiger partial charge in [0, 0.05) is 12.6 Å². The maximum atomic E-state index is 12.0. The zero-order valence-electron chi connectivity index (χ0n) is 10.8. The van der Waals surface area contributed by atoms with E-state index in [0.717, 1.165) is 25.7 Å². The van der Waals surface area contributed by atoms with E-state index in [9.17, 15) is 18.0 Å². The number of amides is 1. The molecule has 1 amide bonds. The fraction of sp³-hybridized carbons (Fsp3) is 0.917. The van der Waals surface area contributed by atoms with Gasteiger partial charge in [-0.25, -0.2) is 0 Å². The van der Waals surface area contributed by atoms with Gasteiger partial charge in [-0.15, -0.1) is 0 Å². The lowest BCUT2D eigenvalue weighted by molar-refractivity contribution is -0.201. The lowest BCUT2D eigenvalue weighted by Gasteiger charge is -2.18. The number of alkyl halides is 3. The van der Waals surface area contributed by atoms with Gasteiger partial charge in [0.1, 0.15) is 0 Å². The number of halogens is 3. The highest BCUT2D eigenvalue weighted by Gasteiger charge is 2.37. The fourth-order valence-electron chi connectivity index (χ4n) is 2.14. The number of aliphatic hydroxyl groups is 1. The molecule has 1 aliphatic rings. The summed E-state index contributed by atoms with van der Waals surface area (Å²) in [5, 5.41) is 13.9. The number of nitrogens with one attached hydrogen (secondary N) is 2. The number of hydrogen-bond acceptors (Lipinski definition) is 3. The second-order valence-corrected chi connectivity index (χ2v) is 4.94. The molecule has 1 rings (SSSR count). The molecule has 1 atom stereocenters. The minimum atomic E-state index is -4.65. The van der Waals surface area contributed by atoms with Crippen LogP contribution < -0.4 is 10.6 Å². The number of hydrogen-bond donors (Lipinski definition) is 3. The van der Waals surface area contributed by atoms with Crippen molar-refractivity contribution >= 4 is 5.91 Å². The minimum Gasteiger partial charge on any atom is -0.382 e. The molecule has 0 aromatic rings. The standard InChI is InChI=1S/C12H21F3N2O2/c13-12(14,15)10(18)7-16-8-11(19)17-9-5-3-1-2-4-6-9/h9-10,16,18H,1-8H2,(H,17,19). The van der Waals surface area contributed by atoms with Gasteiger partial charge < -0.3 is 15.7 Å². The number of carbonyl (C=O) groups excluding carboxylic acids is 1. The molecule has 0 aliphatic heterocycles. The molecule has 1 aliphatic carbocycles. The maximum absolute atomic E-state index is 12.0. The van der Waals surface area contributed by atoms with Crippen LogP contribution >= 0.6 is 0 Å². The molecule has 1 unspecified atom stereocenters. The zero-order chi connectivity index (χ0) is 14.3. The van der Waals surface area contributed by atoms with Crippen molar-refractivity contribution in [1.82, 2.24) is 10.6 Å². The predicted octanol–water partition coefficient (Wildman–Crippen LogP) is 1.34. The van der Waals surface area contributed by atoms with Crippen LogP contribution in [0.25, 0.3) is 0 Å². The highest BCUT2D eigenvalue weighted by Crippen LogP contribution is 2.19. The minimum absolute atomic E-state index is 0.129. The topological polar surface area (TPSA) is 61.4 Å². The quantitative estimate of drug-likeness (QED) is 0.667. The van der Waals surface area contributed by atoms with E-state index in [1.54, 1.807) is 0 Å². The summed E-state index contributed by atoms with van der Waals surface area (Å²) >= 11 is 0. The molecule has 1 saturated carbocycles. The molecular weight excluding hydrogens is 261 g/mol. The first-order valence-corrected chi connectivity index (χ1v) is 6.64. The zero-order valence-corrected chi connectivity index (χ0v) is 10.8. The SMILES string of the molecule is O=C(CNCC(O)C(F)(F)F)NC1CCCCCC1. The van der Waals surface area contributed by atoms with Crippen LogP contribution in [0, 0.1) is 0 Å². The fourth-order valence-corrected chi connectivity index (χ4v) is 2.14. The van der Waals surface area contributed by atoms with Crippen LogP contribution in [0.1, 0.15) is 38.5 Å². The Hall–Kier alpha value is -0.820. The lowest BCUT2D eigenvalue weighted by Crippen LogP contribution is -2.44. The van der Waals surface area contributed by atoms with Crippen LogP contribution in [-0.2, 0) is 4.79 Å². The Balaban J connectivity index is 2.17. The summed E-state index contributed by atoms with van der Waals surface area (Å²) in [6.07, 6.45) is -0.738. The van der Waals surface area contributed by atoms with Crippen molar-refractivity contribution < 1.29 is 23.1 Å². The van der Waals surface area contributed by atoms with Gasteiger partial charge in [0.15, 0.2) is 6.10 Å². The highest BCUT2D eigenvalue weighted by molar-refractivity contribution is 5.78. The van der Waals surface area contributed by atoms with Crippen LogP contribution in [-0.4, -0.2) is 42.4 Å². The number of carbonyl (C=O) groups is 1. The van der Waals surface area contributed by atoms with Gasteiger partial charge in [-0.1, -0.05) is 25.7 Å². The molecule has 3 N–H and O–H groups in total. The Morgan fingerprint density at radius 3 is 2.32 bits per heavy atom. The monoisotopic (exact) mass is 282 g/mol. The van der Waals surface area contributed by atoms with Gasteiger partial charge in [-0.05, 0) is 12.8 Å². The molecule has 0 radical (unpaired) electrons. The van der Waals surface area contributed by atoms with Crippen molar-refractivity contribution in [3.05, 3.63) is 0 Å². The average Bonchev–Trinajstić information content (AvgIpc) is 2.56. The smallest absolute Gasteiger partial charge is 0.382 e. The van der Waals surface area contributed by atoms with E-state index in [2.05, 4.69) is 10.6 Å². The Morgan fingerprint density at radius 1 is 1.21 bits per heavy atom. The third-order valence-corrected chi connectivity index (χ3v) is 3.22. The molecule has 0 bridgehead atoms. The molecule has 0 spiro atoms. The van der Waals surface area contributed by atoms with Gasteiger partial charge in [0.2, 0.25) is 5.91 Å². The highest BCUT2D eigenvalue weighted by atomic mass is 19.4. The van der Waals surface area contributed by atoms with Gasteiger partial charge in [-0.3, -0.25) is 4.79 Å². The first-order valence-electron chi connectivity index (χ1n) is 6.64. The maximum Gasteiger partial charge on any atom is 0.415 e. The molecule has 7 heteroatoms. The van der Waals surface area contributed by atoms with E-state index in [4.69, 9.17) is 5.11 Å². The second-order valence-electron chi connectivity index (χ2n) is 4.94. The lowest BCUT2D eigenvalue weighted by atomic mass is 10.1. The van der Waals surface area contributed by atoms with Crippen LogP contribution in [0.3, 0.4) is 0 Å². The van der Waals surface area contributed by atoms with Gasteiger partial charge in [0.05, 0.1) is 6.54 Å². The van der Waals surface area contributed by atoms with Crippen molar-refractivity contribution in [2.45, 2.75) is 56.8 Å². The summed E-state index contributed by atoms with van der Waals surface area (Å²) in [7, 11) is 0. The molecular formula is C12H21F3N2O2. The normalized spacial score (nSPS) is 19.8. The Bertz CT molecular complexity index is 277. The van der Waals surface area contributed by atoms with Gasteiger partial charge >= 0.3 is 6.18 Å². The Morgan fingerprint density at radius 2 is 1.79 bits per heavy atom. The van der Waals surface area contributed by atoms with E-state index in [1.807, 2.05) is 0 Å². The van der Waals surface area contributed by atoms with Crippen molar-refractivity contribution in [2.75, 3.05) is 13.1 Å². The molecule has 1 fully saturated rings. The summed E-state index contributed by atoms with van der Waals surface area (Å²) in [5.41, 5.74) is 0. The number of rotatable bonds is 5. The van der Waals surface area contributed by atoms with Crippen LogP contribution in [0.4, 0.5) is 13.2 Å². The first-order chi connectivity index (χ1) is 8.89. The summed E-state index contributed by atoms with van der Waals surface area (Å²) < 4.78 is 36.0. The van der Waals surface area contributed by atoms with Gasteiger partial charge in [-0.2, -0.15) is 13.2 Å². The van der Waals surface area contributed by atoms with Crippen molar-refractivity contribution in [3.63, 3.8) is 0 Å². The summed E-state index contributed by atoms with van der Waals surface area (Å²) in [4.78, 5) is 11.5. The van der Waals surface area contributed by atoms with Crippen LogP contribution in [0.15, 0.2) is 0 Å². The molecule has 0 saturated heterocycles. The van der Waals surface area contributed by atoms with E-state index in [0.29, 0.717) is 0 Å². The molecule has 4 nitrogen and oxygen atoms in total. The van der Waals surface area contributed by atoms with E-state index >= 15 is 0 Å².